The highest BCUT2D eigenvalue weighted by molar-refractivity contribution is 6.32. The first-order valence-corrected chi connectivity index (χ1v) is 11.1. The highest BCUT2D eigenvalue weighted by Crippen LogP contribution is 2.47. The SMILES string of the molecule is Cc1cc(-c2ccnc3[nH]cc(F)c23)cc(Cl)c1C1(O)[C@H](C)CN(C2COC2)C[C@@H]1C. The zero-order valence-electron chi connectivity index (χ0n) is 18.0. The van der Waals surface area contributed by atoms with Gasteiger partial charge < -0.3 is 14.8 Å². The maximum Gasteiger partial charge on any atom is 0.150 e. The van der Waals surface area contributed by atoms with Crippen LogP contribution in [0.4, 0.5) is 4.39 Å². The van der Waals surface area contributed by atoms with Crippen LogP contribution in [0, 0.1) is 24.6 Å². The number of ether oxygens (including phenoxy) is 1. The summed E-state index contributed by atoms with van der Waals surface area (Å²) in [7, 11) is 0. The number of hydrogen-bond acceptors (Lipinski definition) is 4. The van der Waals surface area contributed by atoms with Gasteiger partial charge in [-0.3, -0.25) is 4.90 Å². The van der Waals surface area contributed by atoms with E-state index >= 15 is 0 Å². The van der Waals surface area contributed by atoms with E-state index in [1.807, 2.05) is 19.1 Å². The summed E-state index contributed by atoms with van der Waals surface area (Å²) in [6.07, 6.45) is 2.97. The monoisotopic (exact) mass is 443 g/mol. The lowest BCUT2D eigenvalue weighted by Crippen LogP contribution is -2.60. The molecule has 2 aliphatic heterocycles. The number of H-pyrrole nitrogens is 1. The predicted octanol–water partition coefficient (Wildman–Crippen LogP) is 4.51. The Labute approximate surface area is 186 Å². The number of benzene rings is 1. The predicted molar refractivity (Wildman–Crippen MR) is 120 cm³/mol. The van der Waals surface area contributed by atoms with Crippen molar-refractivity contribution in [3.63, 3.8) is 0 Å². The average molecular weight is 444 g/mol. The number of aryl methyl sites for hydroxylation is 1. The van der Waals surface area contributed by atoms with Gasteiger partial charge >= 0.3 is 0 Å². The molecule has 3 aromatic rings. The fourth-order valence-electron chi connectivity index (χ4n) is 5.43. The number of halogens is 2. The quantitative estimate of drug-likeness (QED) is 0.625. The molecule has 2 aromatic heterocycles. The van der Waals surface area contributed by atoms with E-state index in [9.17, 15) is 9.50 Å². The molecule has 2 N–H and O–H groups in total. The molecule has 5 nitrogen and oxygen atoms in total. The molecule has 2 aliphatic rings. The molecule has 1 aromatic carbocycles. The Hall–Kier alpha value is -1.99. The highest BCUT2D eigenvalue weighted by atomic mass is 35.5. The average Bonchev–Trinajstić information content (AvgIpc) is 3.05. The van der Waals surface area contributed by atoms with Gasteiger partial charge in [-0.1, -0.05) is 31.5 Å². The fourth-order valence-corrected chi connectivity index (χ4v) is 5.85. The van der Waals surface area contributed by atoms with Crippen LogP contribution in [0.25, 0.3) is 22.2 Å². The second kappa shape index (κ2) is 7.55. The summed E-state index contributed by atoms with van der Waals surface area (Å²) < 4.78 is 19.8. The third kappa shape index (κ3) is 3.20. The minimum atomic E-state index is -1.03. The van der Waals surface area contributed by atoms with Crippen LogP contribution in [0.15, 0.2) is 30.6 Å². The van der Waals surface area contributed by atoms with Gasteiger partial charge in [-0.25, -0.2) is 9.37 Å². The number of aromatic nitrogens is 2. The Balaban J connectivity index is 1.56. The third-order valence-corrected chi connectivity index (χ3v) is 7.48. The van der Waals surface area contributed by atoms with Gasteiger partial charge in [-0.15, -0.1) is 0 Å². The van der Waals surface area contributed by atoms with Gasteiger partial charge in [0.25, 0.3) is 0 Å². The Bertz CT molecular complexity index is 1110. The number of nitrogens with one attached hydrogen (secondary N) is 1. The van der Waals surface area contributed by atoms with E-state index in [-0.39, 0.29) is 17.7 Å². The van der Waals surface area contributed by atoms with Crippen molar-refractivity contribution in [2.24, 2.45) is 11.8 Å². The highest BCUT2D eigenvalue weighted by Gasteiger charge is 2.49. The van der Waals surface area contributed by atoms with Crippen LogP contribution in [0.2, 0.25) is 5.02 Å². The van der Waals surface area contributed by atoms with Crippen molar-refractivity contribution >= 4 is 22.6 Å². The molecule has 2 fully saturated rings. The van der Waals surface area contributed by atoms with Crippen LogP contribution in [0.3, 0.4) is 0 Å². The molecule has 0 amide bonds. The molecule has 2 saturated heterocycles. The summed E-state index contributed by atoms with van der Waals surface area (Å²) >= 11 is 6.83. The third-order valence-electron chi connectivity index (χ3n) is 7.18. The zero-order chi connectivity index (χ0) is 21.9. The number of pyridine rings is 1. The largest absolute Gasteiger partial charge is 0.384 e. The van der Waals surface area contributed by atoms with Gasteiger partial charge in [0.15, 0.2) is 5.82 Å². The van der Waals surface area contributed by atoms with Crippen LogP contribution < -0.4 is 0 Å². The summed E-state index contributed by atoms with van der Waals surface area (Å²) in [6.45, 7) is 9.28. The summed E-state index contributed by atoms with van der Waals surface area (Å²) in [6, 6.07) is 6.07. The van der Waals surface area contributed by atoms with Crippen LogP contribution in [-0.4, -0.2) is 52.3 Å². The standard InChI is InChI=1S/C24H27ClFN3O2/c1-13-6-16(18-4-5-27-23-21(18)20(26)8-28-23)7-19(25)22(13)24(30)14(2)9-29(10-15(24)3)17-11-31-12-17/h4-8,14-15,17,30H,9-12H2,1-3H3,(H,27,28)/t14-,15+,24?. The van der Waals surface area contributed by atoms with Crippen molar-refractivity contribution < 1.29 is 14.2 Å². The molecular weight excluding hydrogens is 417 g/mol. The summed E-state index contributed by atoms with van der Waals surface area (Å²) in [5, 5.41) is 12.9. The van der Waals surface area contributed by atoms with Crippen molar-refractivity contribution in [1.82, 2.24) is 14.9 Å². The molecule has 7 heteroatoms. The number of rotatable bonds is 3. The van der Waals surface area contributed by atoms with Crippen molar-refractivity contribution in [2.45, 2.75) is 32.4 Å². The molecular formula is C24H27ClFN3O2. The van der Waals surface area contributed by atoms with Crippen molar-refractivity contribution in [3.8, 4) is 11.1 Å². The molecule has 0 bridgehead atoms. The van der Waals surface area contributed by atoms with E-state index in [0.29, 0.717) is 22.1 Å². The van der Waals surface area contributed by atoms with Gasteiger partial charge in [0.05, 0.1) is 30.2 Å². The van der Waals surface area contributed by atoms with Crippen molar-refractivity contribution in [2.75, 3.05) is 26.3 Å². The van der Waals surface area contributed by atoms with E-state index in [4.69, 9.17) is 16.3 Å². The number of aliphatic hydroxyl groups is 1. The first kappa shape index (κ1) is 20.9. The maximum absolute atomic E-state index is 14.4. The summed E-state index contributed by atoms with van der Waals surface area (Å²) in [5.74, 6) is -0.327. The second-order valence-electron chi connectivity index (χ2n) is 9.14. The molecule has 1 unspecified atom stereocenters. The number of nitrogens with zero attached hydrogens (tertiary/aromatic N) is 2. The Kier molecular flexibility index (Phi) is 5.09. The van der Waals surface area contributed by atoms with Crippen LogP contribution >= 0.6 is 11.6 Å². The number of likely N-dealkylation sites (tertiary alicyclic amines) is 1. The van der Waals surface area contributed by atoms with Gasteiger partial charge in [-0.2, -0.15) is 0 Å². The zero-order valence-corrected chi connectivity index (χ0v) is 18.7. The number of hydrogen-bond donors (Lipinski definition) is 2. The molecule has 0 spiro atoms. The van der Waals surface area contributed by atoms with Crippen LogP contribution in [0.5, 0.6) is 0 Å². The van der Waals surface area contributed by atoms with Gasteiger partial charge in [0.2, 0.25) is 0 Å². The number of fused-ring (bicyclic) bond motifs is 1. The van der Waals surface area contributed by atoms with E-state index in [2.05, 4.69) is 28.7 Å². The minimum Gasteiger partial charge on any atom is -0.384 e. The lowest BCUT2D eigenvalue weighted by molar-refractivity contribution is -0.151. The van der Waals surface area contributed by atoms with Gasteiger partial charge in [-0.05, 0) is 35.7 Å². The molecule has 4 heterocycles. The lowest BCUT2D eigenvalue weighted by atomic mass is 9.69. The maximum atomic E-state index is 14.4. The smallest absolute Gasteiger partial charge is 0.150 e. The van der Waals surface area contributed by atoms with Crippen LogP contribution in [0.1, 0.15) is 25.0 Å². The van der Waals surface area contributed by atoms with Gasteiger partial charge in [0, 0.05) is 47.9 Å². The molecule has 31 heavy (non-hydrogen) atoms. The Morgan fingerprint density at radius 2 is 1.97 bits per heavy atom. The minimum absolute atomic E-state index is 0.00801. The Morgan fingerprint density at radius 3 is 2.58 bits per heavy atom. The fraction of sp³-hybridized carbons (Fsp3) is 0.458. The summed E-state index contributed by atoms with van der Waals surface area (Å²) in [5.41, 5.74) is 2.69. The number of piperidine rings is 1. The van der Waals surface area contributed by atoms with Gasteiger partial charge in [0.1, 0.15) is 5.65 Å². The van der Waals surface area contributed by atoms with E-state index < -0.39 is 5.60 Å². The first-order valence-electron chi connectivity index (χ1n) is 10.8. The molecule has 0 aliphatic carbocycles. The summed E-state index contributed by atoms with van der Waals surface area (Å²) in [4.78, 5) is 9.49. The molecule has 164 valence electrons. The molecule has 0 saturated carbocycles. The van der Waals surface area contributed by atoms with Crippen LogP contribution in [-0.2, 0) is 10.3 Å². The second-order valence-corrected chi connectivity index (χ2v) is 9.55. The molecule has 5 rings (SSSR count). The van der Waals surface area contributed by atoms with E-state index in [1.54, 1.807) is 12.3 Å². The first-order chi connectivity index (χ1) is 14.8. The van der Waals surface area contributed by atoms with E-state index in [0.717, 1.165) is 48.6 Å². The Morgan fingerprint density at radius 1 is 1.26 bits per heavy atom. The number of aromatic amines is 1. The lowest BCUT2D eigenvalue weighted by Gasteiger charge is -2.52. The van der Waals surface area contributed by atoms with E-state index in [1.165, 1.54) is 6.20 Å². The molecule has 3 atom stereocenters. The normalized spacial score (nSPS) is 27.5. The van der Waals surface area contributed by atoms with Crippen molar-refractivity contribution in [1.29, 1.82) is 0 Å². The van der Waals surface area contributed by atoms with Crippen molar-refractivity contribution in [3.05, 3.63) is 52.6 Å². The topological polar surface area (TPSA) is 61.4 Å². The molecule has 0 radical (unpaired) electrons.